The van der Waals surface area contributed by atoms with Crippen molar-refractivity contribution in [2.75, 3.05) is 36.8 Å². The van der Waals surface area contributed by atoms with Crippen LogP contribution < -0.4 is 20.7 Å². The van der Waals surface area contributed by atoms with Crippen LogP contribution in [0.15, 0.2) is 30.3 Å². The zero-order chi connectivity index (χ0) is 25.7. The van der Waals surface area contributed by atoms with Gasteiger partial charge in [0.05, 0.1) is 17.4 Å². The van der Waals surface area contributed by atoms with Crippen molar-refractivity contribution in [3.63, 3.8) is 0 Å². The van der Waals surface area contributed by atoms with Crippen molar-refractivity contribution in [2.45, 2.75) is 46.1 Å². The fourth-order valence-electron chi connectivity index (χ4n) is 4.42. The Bertz CT molecular complexity index is 1230. The summed E-state index contributed by atoms with van der Waals surface area (Å²) in [4.78, 5) is 32.9. The van der Waals surface area contributed by atoms with Gasteiger partial charge in [0, 0.05) is 37.3 Å². The highest BCUT2D eigenvalue weighted by molar-refractivity contribution is 6.11. The third kappa shape index (κ3) is 6.31. The highest BCUT2D eigenvalue weighted by Gasteiger charge is 2.20. The summed E-state index contributed by atoms with van der Waals surface area (Å²) in [5.41, 5.74) is 2.26. The average molecular weight is 494 g/mol. The Morgan fingerprint density at radius 1 is 1.14 bits per heavy atom. The highest BCUT2D eigenvalue weighted by atomic mass is 16.5. The Morgan fingerprint density at radius 2 is 1.92 bits per heavy atom. The number of fused-ring (bicyclic) bond motifs is 1. The summed E-state index contributed by atoms with van der Waals surface area (Å²) in [7, 11) is 1.82. The predicted octanol–water partition coefficient (Wildman–Crippen LogP) is 3.92. The summed E-state index contributed by atoms with van der Waals surface area (Å²) in [6, 6.07) is 8.15. The lowest BCUT2D eigenvalue weighted by Gasteiger charge is -2.26. The number of nitrogens with zero attached hydrogens (tertiary/aromatic N) is 4. The molecule has 0 radical (unpaired) electrons. The molecular weight excluding hydrogens is 458 g/mol. The van der Waals surface area contributed by atoms with E-state index in [1.165, 1.54) is 19.3 Å². The first-order valence-corrected chi connectivity index (χ1v) is 12.5. The van der Waals surface area contributed by atoms with Gasteiger partial charge in [0.2, 0.25) is 0 Å². The molecule has 0 saturated carbocycles. The summed E-state index contributed by atoms with van der Waals surface area (Å²) in [5, 5.41) is 13.6. The lowest BCUT2D eigenvalue weighted by molar-refractivity contribution is 0.0967. The van der Waals surface area contributed by atoms with Gasteiger partial charge in [0.15, 0.2) is 5.65 Å². The number of anilines is 2. The van der Waals surface area contributed by atoms with Crippen LogP contribution in [-0.4, -0.2) is 63.9 Å². The number of carbonyl (C=O) groups excluding carboxylic acids is 2. The van der Waals surface area contributed by atoms with E-state index in [9.17, 15) is 9.59 Å². The molecule has 4 rings (SSSR count). The van der Waals surface area contributed by atoms with Crippen LogP contribution in [0.5, 0.6) is 5.75 Å². The van der Waals surface area contributed by atoms with Crippen LogP contribution in [0.25, 0.3) is 11.0 Å². The second-order valence-electron chi connectivity index (χ2n) is 9.40. The van der Waals surface area contributed by atoms with Gasteiger partial charge in [-0.3, -0.25) is 14.8 Å². The number of hydrogen-bond donors (Lipinski definition) is 3. The molecule has 1 fully saturated rings. The van der Waals surface area contributed by atoms with Gasteiger partial charge in [-0.2, -0.15) is 5.10 Å². The smallest absolute Gasteiger partial charge is 0.326 e. The first kappa shape index (κ1) is 25.4. The lowest BCUT2D eigenvalue weighted by atomic mass is 10.1. The molecule has 1 aromatic carbocycles. The highest BCUT2D eigenvalue weighted by Crippen LogP contribution is 2.23. The van der Waals surface area contributed by atoms with Crippen molar-refractivity contribution >= 4 is 34.5 Å². The first-order chi connectivity index (χ1) is 17.3. The predicted molar refractivity (Wildman–Crippen MR) is 141 cm³/mol. The molecule has 1 aliphatic heterocycles. The molecule has 3 N–H and O–H groups in total. The molecular formula is C26H35N7O3. The number of rotatable bonds is 8. The Labute approximate surface area is 211 Å². The Hall–Kier alpha value is -3.66. The summed E-state index contributed by atoms with van der Waals surface area (Å²) in [5.74, 6) is 0.524. The van der Waals surface area contributed by atoms with Crippen molar-refractivity contribution in [1.82, 2.24) is 25.0 Å². The fourth-order valence-corrected chi connectivity index (χ4v) is 4.42. The number of piperidine rings is 1. The maximum absolute atomic E-state index is 13.2. The van der Waals surface area contributed by atoms with E-state index in [2.05, 4.69) is 25.9 Å². The van der Waals surface area contributed by atoms with Crippen LogP contribution in [0.1, 0.15) is 49.2 Å². The maximum atomic E-state index is 13.2. The molecule has 3 amide bonds. The van der Waals surface area contributed by atoms with E-state index in [1.54, 1.807) is 28.9 Å². The number of benzene rings is 1. The number of nitrogens with one attached hydrogen (secondary N) is 3. The van der Waals surface area contributed by atoms with Gasteiger partial charge in [-0.15, -0.1) is 0 Å². The number of likely N-dealkylation sites (tertiary alicyclic amines) is 1. The molecule has 192 valence electrons. The number of aromatic nitrogens is 3. The third-order valence-corrected chi connectivity index (χ3v) is 6.10. The van der Waals surface area contributed by atoms with Gasteiger partial charge in [0.1, 0.15) is 11.6 Å². The van der Waals surface area contributed by atoms with Crippen molar-refractivity contribution in [1.29, 1.82) is 0 Å². The molecule has 3 aromatic rings. The topological polar surface area (TPSA) is 113 Å². The molecule has 2 aromatic heterocycles. The number of aryl methyl sites for hydroxylation is 2. The minimum absolute atomic E-state index is 0.00911. The van der Waals surface area contributed by atoms with E-state index < -0.39 is 11.9 Å². The van der Waals surface area contributed by atoms with Crippen LogP contribution in [0.2, 0.25) is 0 Å². The van der Waals surface area contributed by atoms with Gasteiger partial charge in [-0.1, -0.05) is 12.5 Å². The Morgan fingerprint density at radius 3 is 2.67 bits per heavy atom. The largest absolute Gasteiger partial charge is 0.491 e. The van der Waals surface area contributed by atoms with Crippen LogP contribution >= 0.6 is 0 Å². The van der Waals surface area contributed by atoms with Crippen molar-refractivity contribution in [3.05, 3.63) is 41.6 Å². The van der Waals surface area contributed by atoms with Gasteiger partial charge in [-0.25, -0.2) is 9.78 Å². The molecule has 10 nitrogen and oxygen atoms in total. The zero-order valence-corrected chi connectivity index (χ0v) is 21.4. The second kappa shape index (κ2) is 11.4. The monoisotopic (exact) mass is 493 g/mol. The molecule has 0 bridgehead atoms. The first-order valence-electron chi connectivity index (χ1n) is 12.5. The normalized spacial score (nSPS) is 14.1. The minimum Gasteiger partial charge on any atom is -0.491 e. The molecule has 3 heterocycles. The Balaban J connectivity index is 1.49. The maximum Gasteiger partial charge on any atom is 0.326 e. The summed E-state index contributed by atoms with van der Waals surface area (Å²) in [6.07, 6.45) is 3.72. The van der Waals surface area contributed by atoms with Crippen LogP contribution in [0.3, 0.4) is 0 Å². The van der Waals surface area contributed by atoms with Gasteiger partial charge < -0.3 is 20.3 Å². The van der Waals surface area contributed by atoms with Crippen molar-refractivity contribution < 1.29 is 14.3 Å². The number of carbonyl (C=O) groups is 2. The quantitative estimate of drug-likeness (QED) is 0.436. The van der Waals surface area contributed by atoms with Crippen molar-refractivity contribution in [3.8, 4) is 5.75 Å². The van der Waals surface area contributed by atoms with Crippen LogP contribution in [-0.2, 0) is 7.05 Å². The SMILES string of the molecule is Cc1nn(C)c2nc(NCCN3CCCCC3)c(C(=O)NC(=O)Nc3cccc(OC(C)C)c3)cc12. The zero-order valence-electron chi connectivity index (χ0n) is 21.4. The average Bonchev–Trinajstić information content (AvgIpc) is 3.11. The van der Waals surface area contributed by atoms with Crippen LogP contribution in [0.4, 0.5) is 16.3 Å². The molecule has 10 heteroatoms. The minimum atomic E-state index is -0.635. The lowest BCUT2D eigenvalue weighted by Crippen LogP contribution is -2.36. The number of urea groups is 1. The van der Waals surface area contributed by atoms with E-state index in [1.807, 2.05) is 33.9 Å². The van der Waals surface area contributed by atoms with E-state index in [4.69, 9.17) is 9.72 Å². The number of pyridine rings is 1. The number of imide groups is 1. The fraction of sp³-hybridized carbons (Fsp3) is 0.462. The molecule has 0 spiro atoms. The van der Waals surface area contributed by atoms with Gasteiger partial charge >= 0.3 is 6.03 Å². The van der Waals surface area contributed by atoms with Gasteiger partial charge in [-0.05, 0) is 64.9 Å². The summed E-state index contributed by atoms with van der Waals surface area (Å²) in [6.45, 7) is 9.41. The molecule has 0 aliphatic carbocycles. The molecule has 0 unspecified atom stereocenters. The second-order valence-corrected chi connectivity index (χ2v) is 9.40. The van der Waals surface area contributed by atoms with E-state index >= 15 is 0 Å². The van der Waals surface area contributed by atoms with Crippen molar-refractivity contribution in [2.24, 2.45) is 7.05 Å². The number of hydrogen-bond acceptors (Lipinski definition) is 7. The third-order valence-electron chi connectivity index (χ3n) is 6.10. The van der Waals surface area contributed by atoms with E-state index in [0.717, 1.165) is 30.7 Å². The molecule has 1 saturated heterocycles. The van der Waals surface area contributed by atoms with E-state index in [-0.39, 0.29) is 6.10 Å². The molecule has 0 atom stereocenters. The Kier molecular flexibility index (Phi) is 8.04. The van der Waals surface area contributed by atoms with Crippen LogP contribution in [0, 0.1) is 6.92 Å². The van der Waals surface area contributed by atoms with Gasteiger partial charge in [0.25, 0.3) is 5.91 Å². The summed E-state index contributed by atoms with van der Waals surface area (Å²) >= 11 is 0. The standard InChI is InChI=1S/C26H35N7O3/c1-17(2)36-20-10-8-9-19(15-20)28-26(35)30-25(34)22-16-21-18(3)31-32(4)24(21)29-23(22)27-11-14-33-12-6-5-7-13-33/h8-10,15-17H,5-7,11-14H2,1-4H3,(H,27,29)(H2,28,30,34,35). The summed E-state index contributed by atoms with van der Waals surface area (Å²) < 4.78 is 7.37. The molecule has 1 aliphatic rings. The number of amides is 3. The molecule has 36 heavy (non-hydrogen) atoms. The number of ether oxygens (including phenoxy) is 1. The van der Waals surface area contributed by atoms with E-state index in [0.29, 0.717) is 35.0 Å².